The number of hydrogen-bond acceptors (Lipinski definition) is 3. The number of benzene rings is 1. The average Bonchev–Trinajstić information content (AvgIpc) is 2.35. The molecule has 0 saturated carbocycles. The van der Waals surface area contributed by atoms with E-state index in [1.807, 2.05) is 45.0 Å². The van der Waals surface area contributed by atoms with E-state index in [1.54, 1.807) is 6.20 Å². The predicted octanol–water partition coefficient (Wildman–Crippen LogP) is 4.03. The number of aryl methyl sites for hydroxylation is 2. The van der Waals surface area contributed by atoms with Crippen molar-refractivity contribution in [1.82, 2.24) is 4.98 Å². The van der Waals surface area contributed by atoms with Gasteiger partial charge in [-0.1, -0.05) is 17.7 Å². The normalized spacial score (nSPS) is 12.2. The molecule has 2 N–H and O–H groups in total. The molecule has 0 saturated heterocycles. The molecule has 3 nitrogen and oxygen atoms in total. The van der Waals surface area contributed by atoms with Crippen LogP contribution >= 0.6 is 11.6 Å². The Kier molecular flexibility index (Phi) is 4.63. The van der Waals surface area contributed by atoms with Crippen molar-refractivity contribution < 1.29 is 4.74 Å². The molecule has 0 radical (unpaired) electrons. The Morgan fingerprint density at radius 2 is 1.90 bits per heavy atom. The summed E-state index contributed by atoms with van der Waals surface area (Å²) < 4.78 is 5.85. The molecule has 0 fully saturated rings. The van der Waals surface area contributed by atoms with Gasteiger partial charge in [0.25, 0.3) is 0 Å². The van der Waals surface area contributed by atoms with Crippen molar-refractivity contribution in [2.75, 3.05) is 0 Å². The molecule has 0 aliphatic carbocycles. The third-order valence-electron chi connectivity index (χ3n) is 2.99. The third-order valence-corrected chi connectivity index (χ3v) is 3.21. The van der Waals surface area contributed by atoms with Crippen LogP contribution in [0.25, 0.3) is 0 Å². The summed E-state index contributed by atoms with van der Waals surface area (Å²) in [6.07, 6.45) is 2.62. The Labute approximate surface area is 124 Å². The Hall–Kier alpha value is -1.58. The summed E-state index contributed by atoms with van der Waals surface area (Å²) in [5.41, 5.74) is 8.87. The minimum Gasteiger partial charge on any atom is -0.438 e. The lowest BCUT2D eigenvalue weighted by atomic mass is 10.1. The topological polar surface area (TPSA) is 48.1 Å². The zero-order valence-corrected chi connectivity index (χ0v) is 12.7. The van der Waals surface area contributed by atoms with Crippen molar-refractivity contribution in [2.45, 2.75) is 33.2 Å². The molecule has 1 heterocycles. The molecule has 20 heavy (non-hydrogen) atoms. The van der Waals surface area contributed by atoms with E-state index in [1.165, 1.54) is 0 Å². The maximum absolute atomic E-state index is 6.01. The number of halogens is 1. The van der Waals surface area contributed by atoms with E-state index in [0.29, 0.717) is 10.9 Å². The molecule has 4 heteroatoms. The van der Waals surface area contributed by atoms with Crippen LogP contribution < -0.4 is 10.5 Å². The average molecular weight is 291 g/mol. The summed E-state index contributed by atoms with van der Waals surface area (Å²) in [6, 6.07) is 7.75. The van der Waals surface area contributed by atoms with Gasteiger partial charge in [0.1, 0.15) is 5.75 Å². The second-order valence-corrected chi connectivity index (χ2v) is 5.59. The Morgan fingerprint density at radius 3 is 2.40 bits per heavy atom. The summed E-state index contributed by atoms with van der Waals surface area (Å²) in [7, 11) is 0. The van der Waals surface area contributed by atoms with Crippen molar-refractivity contribution >= 4 is 11.6 Å². The van der Waals surface area contributed by atoms with E-state index in [-0.39, 0.29) is 6.04 Å². The summed E-state index contributed by atoms with van der Waals surface area (Å²) in [4.78, 5) is 4.32. The van der Waals surface area contributed by atoms with E-state index in [4.69, 9.17) is 22.1 Å². The summed E-state index contributed by atoms with van der Waals surface area (Å²) in [5, 5.41) is 0.715. The van der Waals surface area contributed by atoms with E-state index >= 15 is 0 Å². The minimum atomic E-state index is 0.129. The second kappa shape index (κ2) is 6.25. The van der Waals surface area contributed by atoms with E-state index in [0.717, 1.165) is 28.9 Å². The first-order valence-corrected chi connectivity index (χ1v) is 6.98. The SMILES string of the molecule is Cc1cc(Cl)cc(C)c1Oc1ccc(CC(C)N)cn1. The fourth-order valence-corrected chi connectivity index (χ4v) is 2.45. The first kappa shape index (κ1) is 14.8. The Balaban J connectivity index is 2.18. The summed E-state index contributed by atoms with van der Waals surface area (Å²) >= 11 is 6.01. The number of pyridine rings is 1. The molecule has 2 aromatic rings. The molecule has 2 rings (SSSR count). The van der Waals surface area contributed by atoms with Gasteiger partial charge in [-0.2, -0.15) is 0 Å². The van der Waals surface area contributed by atoms with Crippen LogP contribution in [-0.4, -0.2) is 11.0 Å². The number of nitrogens with two attached hydrogens (primary N) is 1. The van der Waals surface area contributed by atoms with Gasteiger partial charge >= 0.3 is 0 Å². The van der Waals surface area contributed by atoms with E-state index < -0.39 is 0 Å². The summed E-state index contributed by atoms with van der Waals surface area (Å²) in [6.45, 7) is 5.92. The van der Waals surface area contributed by atoms with Crippen LogP contribution in [0.5, 0.6) is 11.6 Å². The zero-order chi connectivity index (χ0) is 14.7. The highest BCUT2D eigenvalue weighted by atomic mass is 35.5. The van der Waals surface area contributed by atoms with Gasteiger partial charge in [0, 0.05) is 23.3 Å². The molecule has 0 aliphatic rings. The fourth-order valence-electron chi connectivity index (χ4n) is 2.13. The van der Waals surface area contributed by atoms with Crippen LogP contribution in [0.15, 0.2) is 30.5 Å². The molecular weight excluding hydrogens is 272 g/mol. The Morgan fingerprint density at radius 1 is 1.25 bits per heavy atom. The van der Waals surface area contributed by atoms with Crippen molar-refractivity contribution in [3.8, 4) is 11.6 Å². The van der Waals surface area contributed by atoms with Crippen LogP contribution in [0.2, 0.25) is 5.02 Å². The van der Waals surface area contributed by atoms with Crippen LogP contribution in [0.4, 0.5) is 0 Å². The molecule has 1 atom stereocenters. The molecular formula is C16H19ClN2O. The molecule has 0 aliphatic heterocycles. The fraction of sp³-hybridized carbons (Fsp3) is 0.312. The van der Waals surface area contributed by atoms with Crippen molar-refractivity contribution in [1.29, 1.82) is 0 Å². The maximum atomic E-state index is 6.01. The minimum absolute atomic E-state index is 0.129. The van der Waals surface area contributed by atoms with Gasteiger partial charge in [0.15, 0.2) is 0 Å². The van der Waals surface area contributed by atoms with Crippen LogP contribution in [0.1, 0.15) is 23.6 Å². The van der Waals surface area contributed by atoms with Crippen LogP contribution in [0.3, 0.4) is 0 Å². The lowest BCUT2D eigenvalue weighted by Gasteiger charge is -2.12. The largest absolute Gasteiger partial charge is 0.438 e. The van der Waals surface area contributed by atoms with Crippen molar-refractivity contribution in [3.05, 3.63) is 52.2 Å². The number of ether oxygens (including phenoxy) is 1. The number of hydrogen-bond donors (Lipinski definition) is 1. The zero-order valence-electron chi connectivity index (χ0n) is 12.0. The highest BCUT2D eigenvalue weighted by Gasteiger charge is 2.08. The van der Waals surface area contributed by atoms with Gasteiger partial charge in [0.05, 0.1) is 0 Å². The molecule has 1 aromatic heterocycles. The van der Waals surface area contributed by atoms with Gasteiger partial charge in [-0.15, -0.1) is 0 Å². The van der Waals surface area contributed by atoms with Crippen molar-refractivity contribution in [2.24, 2.45) is 5.73 Å². The molecule has 1 aromatic carbocycles. The van der Waals surface area contributed by atoms with Crippen LogP contribution in [-0.2, 0) is 6.42 Å². The van der Waals surface area contributed by atoms with Gasteiger partial charge < -0.3 is 10.5 Å². The van der Waals surface area contributed by atoms with Crippen molar-refractivity contribution in [3.63, 3.8) is 0 Å². The number of aromatic nitrogens is 1. The van der Waals surface area contributed by atoms with Gasteiger partial charge in [-0.25, -0.2) is 4.98 Å². The maximum Gasteiger partial charge on any atom is 0.219 e. The summed E-state index contributed by atoms with van der Waals surface area (Å²) in [5.74, 6) is 1.38. The molecule has 1 unspecified atom stereocenters. The molecule has 0 spiro atoms. The Bertz CT molecular complexity index is 571. The van der Waals surface area contributed by atoms with Crippen LogP contribution in [0, 0.1) is 13.8 Å². The first-order chi connectivity index (χ1) is 9.45. The molecule has 0 bridgehead atoms. The highest BCUT2D eigenvalue weighted by Crippen LogP contribution is 2.30. The van der Waals surface area contributed by atoms with Gasteiger partial charge in [-0.05, 0) is 56.0 Å². The predicted molar refractivity (Wildman–Crippen MR) is 82.6 cm³/mol. The van der Waals surface area contributed by atoms with E-state index in [2.05, 4.69) is 4.98 Å². The second-order valence-electron chi connectivity index (χ2n) is 5.16. The van der Waals surface area contributed by atoms with Gasteiger partial charge in [0.2, 0.25) is 5.88 Å². The monoisotopic (exact) mass is 290 g/mol. The third kappa shape index (κ3) is 3.71. The smallest absolute Gasteiger partial charge is 0.219 e. The van der Waals surface area contributed by atoms with E-state index in [9.17, 15) is 0 Å². The standard InChI is InChI=1S/C16H19ClN2O/c1-10-6-14(17)7-11(2)16(10)20-15-5-4-13(9-19-15)8-12(3)18/h4-7,9,12H,8,18H2,1-3H3. The number of nitrogens with zero attached hydrogens (tertiary/aromatic N) is 1. The lowest BCUT2D eigenvalue weighted by molar-refractivity contribution is 0.455. The number of rotatable bonds is 4. The quantitative estimate of drug-likeness (QED) is 0.924. The lowest BCUT2D eigenvalue weighted by Crippen LogP contribution is -2.17. The molecule has 106 valence electrons. The highest BCUT2D eigenvalue weighted by molar-refractivity contribution is 6.30. The molecule has 0 amide bonds. The first-order valence-electron chi connectivity index (χ1n) is 6.61. The van der Waals surface area contributed by atoms with Gasteiger partial charge in [-0.3, -0.25) is 0 Å².